The van der Waals surface area contributed by atoms with Gasteiger partial charge in [0, 0.05) is 12.6 Å². The fraction of sp³-hybridized carbons (Fsp3) is 0.462. The summed E-state index contributed by atoms with van der Waals surface area (Å²) in [6, 6.07) is 5.56. The van der Waals surface area contributed by atoms with Crippen molar-refractivity contribution < 1.29 is 23.4 Å². The van der Waals surface area contributed by atoms with Crippen LogP contribution in [-0.4, -0.2) is 41.7 Å². The highest BCUT2D eigenvalue weighted by atomic mass is 19.3. The number of carbonyl (C=O) groups is 1. The monoisotopic (exact) mass is 273 g/mol. The maximum Gasteiger partial charge on any atom is 0.387 e. The van der Waals surface area contributed by atoms with Gasteiger partial charge in [-0.2, -0.15) is 8.78 Å². The van der Waals surface area contributed by atoms with Crippen molar-refractivity contribution in [2.24, 2.45) is 0 Å². The van der Waals surface area contributed by atoms with Crippen LogP contribution >= 0.6 is 0 Å². The zero-order valence-corrected chi connectivity index (χ0v) is 11.1. The molecule has 0 aliphatic rings. The number of aliphatic hydroxyl groups is 1. The number of aliphatic hydroxyl groups excluding tert-OH is 1. The van der Waals surface area contributed by atoms with E-state index in [0.717, 1.165) is 0 Å². The molecular weight excluding hydrogens is 256 g/mol. The Balaban J connectivity index is 2.94. The lowest BCUT2D eigenvalue weighted by atomic mass is 10.0. The molecule has 0 aliphatic carbocycles. The van der Waals surface area contributed by atoms with Gasteiger partial charge in [-0.05, 0) is 32.0 Å². The quantitative estimate of drug-likeness (QED) is 0.894. The highest BCUT2D eigenvalue weighted by molar-refractivity contribution is 5.94. The average Bonchev–Trinajstić information content (AvgIpc) is 2.36. The Morgan fingerprint density at radius 2 is 2.11 bits per heavy atom. The van der Waals surface area contributed by atoms with E-state index < -0.39 is 12.2 Å². The molecule has 0 radical (unpaired) electrons. The van der Waals surface area contributed by atoms with Crippen LogP contribution in [0.25, 0.3) is 0 Å². The number of benzene rings is 1. The topological polar surface area (TPSA) is 49.8 Å². The molecule has 0 fully saturated rings. The van der Waals surface area contributed by atoms with Crippen molar-refractivity contribution in [3.05, 3.63) is 29.8 Å². The Kier molecular flexibility index (Phi) is 4.83. The average molecular weight is 273 g/mol. The van der Waals surface area contributed by atoms with Crippen molar-refractivity contribution in [2.45, 2.75) is 26.0 Å². The van der Waals surface area contributed by atoms with Gasteiger partial charge in [0.1, 0.15) is 5.75 Å². The van der Waals surface area contributed by atoms with Crippen LogP contribution in [0.5, 0.6) is 5.75 Å². The molecule has 0 saturated carbocycles. The second-order valence-electron chi connectivity index (χ2n) is 4.74. The van der Waals surface area contributed by atoms with Crippen LogP contribution < -0.4 is 4.74 Å². The fourth-order valence-corrected chi connectivity index (χ4v) is 1.38. The number of nitrogens with zero attached hydrogens (tertiary/aromatic N) is 1. The van der Waals surface area contributed by atoms with Crippen LogP contribution in [-0.2, 0) is 0 Å². The maximum atomic E-state index is 12.2. The van der Waals surface area contributed by atoms with Gasteiger partial charge in [0.25, 0.3) is 5.91 Å². The molecule has 19 heavy (non-hydrogen) atoms. The molecule has 1 amide bonds. The lowest BCUT2D eigenvalue weighted by Gasteiger charge is -2.34. The zero-order valence-electron chi connectivity index (χ0n) is 11.1. The van der Waals surface area contributed by atoms with E-state index >= 15 is 0 Å². The van der Waals surface area contributed by atoms with E-state index in [2.05, 4.69) is 4.74 Å². The van der Waals surface area contributed by atoms with Gasteiger partial charge in [-0.25, -0.2) is 0 Å². The van der Waals surface area contributed by atoms with Crippen molar-refractivity contribution in [1.29, 1.82) is 0 Å². The molecule has 0 heterocycles. The molecule has 106 valence electrons. The van der Waals surface area contributed by atoms with Gasteiger partial charge in [-0.15, -0.1) is 0 Å². The van der Waals surface area contributed by atoms with E-state index in [0.29, 0.717) is 0 Å². The molecule has 1 rings (SSSR count). The molecular formula is C13H17F2NO3. The largest absolute Gasteiger partial charge is 0.435 e. The minimum Gasteiger partial charge on any atom is -0.435 e. The molecule has 0 aromatic heterocycles. The van der Waals surface area contributed by atoms with Crippen LogP contribution in [0.4, 0.5) is 8.78 Å². The van der Waals surface area contributed by atoms with Crippen LogP contribution in [0.3, 0.4) is 0 Å². The van der Waals surface area contributed by atoms with Crippen LogP contribution in [0.15, 0.2) is 24.3 Å². The number of halogens is 2. The summed E-state index contributed by atoms with van der Waals surface area (Å²) in [6.07, 6.45) is 0. The molecule has 1 N–H and O–H groups in total. The van der Waals surface area contributed by atoms with E-state index in [1.165, 1.54) is 29.2 Å². The Hall–Kier alpha value is -1.69. The lowest BCUT2D eigenvalue weighted by Crippen LogP contribution is -2.47. The zero-order chi connectivity index (χ0) is 14.6. The van der Waals surface area contributed by atoms with Crippen molar-refractivity contribution in [3.8, 4) is 5.75 Å². The Bertz CT molecular complexity index is 449. The molecule has 1 aromatic carbocycles. The SMILES string of the molecule is CN(C(=O)c1cccc(OC(F)F)c1)C(C)(C)CO. The highest BCUT2D eigenvalue weighted by Crippen LogP contribution is 2.20. The normalized spacial score (nSPS) is 11.5. The number of likely N-dealkylation sites (N-methyl/N-ethyl adjacent to an activating group) is 1. The maximum absolute atomic E-state index is 12.2. The molecule has 0 unspecified atom stereocenters. The minimum atomic E-state index is -2.93. The fourth-order valence-electron chi connectivity index (χ4n) is 1.38. The van der Waals surface area contributed by atoms with Crippen molar-refractivity contribution >= 4 is 5.91 Å². The van der Waals surface area contributed by atoms with Crippen molar-refractivity contribution in [1.82, 2.24) is 4.90 Å². The first-order chi connectivity index (χ1) is 8.77. The molecule has 4 nitrogen and oxygen atoms in total. The second kappa shape index (κ2) is 5.97. The molecule has 0 bridgehead atoms. The van der Waals surface area contributed by atoms with Gasteiger partial charge in [0.15, 0.2) is 0 Å². The summed E-state index contributed by atoms with van der Waals surface area (Å²) >= 11 is 0. The van der Waals surface area contributed by atoms with Crippen LogP contribution in [0.1, 0.15) is 24.2 Å². The van der Waals surface area contributed by atoms with Crippen molar-refractivity contribution in [3.63, 3.8) is 0 Å². The summed E-state index contributed by atoms with van der Waals surface area (Å²) in [7, 11) is 1.54. The van der Waals surface area contributed by atoms with Crippen LogP contribution in [0.2, 0.25) is 0 Å². The summed E-state index contributed by atoms with van der Waals surface area (Å²) in [6.45, 7) is 0.258. The Morgan fingerprint density at radius 3 is 2.63 bits per heavy atom. The summed E-state index contributed by atoms with van der Waals surface area (Å²) in [4.78, 5) is 13.5. The van der Waals surface area contributed by atoms with Gasteiger partial charge < -0.3 is 14.7 Å². The van der Waals surface area contributed by atoms with E-state index in [1.54, 1.807) is 20.9 Å². The van der Waals surface area contributed by atoms with E-state index in [4.69, 9.17) is 0 Å². The smallest absolute Gasteiger partial charge is 0.387 e. The minimum absolute atomic E-state index is 0.0731. The van der Waals surface area contributed by atoms with Gasteiger partial charge >= 0.3 is 6.61 Å². The summed E-state index contributed by atoms with van der Waals surface area (Å²) in [5, 5.41) is 9.22. The number of rotatable bonds is 5. The van der Waals surface area contributed by atoms with Gasteiger partial charge in [-0.1, -0.05) is 6.07 Å². The third-order valence-electron chi connectivity index (χ3n) is 2.91. The van der Waals surface area contributed by atoms with Gasteiger partial charge in [0.05, 0.1) is 12.1 Å². The molecule has 1 aromatic rings. The second-order valence-corrected chi connectivity index (χ2v) is 4.74. The number of amides is 1. The lowest BCUT2D eigenvalue weighted by molar-refractivity contribution is -0.0499. The summed E-state index contributed by atoms with van der Waals surface area (Å²) in [5.41, 5.74) is -0.515. The summed E-state index contributed by atoms with van der Waals surface area (Å²) < 4.78 is 28.5. The third kappa shape index (κ3) is 3.89. The van der Waals surface area contributed by atoms with Crippen molar-refractivity contribution in [2.75, 3.05) is 13.7 Å². The molecule has 0 spiro atoms. The summed E-state index contributed by atoms with van der Waals surface area (Å²) in [5.74, 6) is -0.449. The molecule has 0 saturated heterocycles. The van der Waals surface area contributed by atoms with E-state index in [-0.39, 0.29) is 23.8 Å². The number of hydrogen-bond donors (Lipinski definition) is 1. The third-order valence-corrected chi connectivity index (χ3v) is 2.91. The molecule has 0 aliphatic heterocycles. The number of carbonyl (C=O) groups excluding carboxylic acids is 1. The molecule has 0 atom stereocenters. The predicted octanol–water partition coefficient (Wildman–Crippen LogP) is 2.13. The Morgan fingerprint density at radius 1 is 1.47 bits per heavy atom. The van der Waals surface area contributed by atoms with Gasteiger partial charge in [-0.3, -0.25) is 4.79 Å². The first-order valence-electron chi connectivity index (χ1n) is 5.72. The van der Waals surface area contributed by atoms with Crippen LogP contribution in [0, 0.1) is 0 Å². The predicted molar refractivity (Wildman–Crippen MR) is 66.3 cm³/mol. The highest BCUT2D eigenvalue weighted by Gasteiger charge is 2.27. The Labute approximate surface area is 110 Å². The first-order valence-corrected chi connectivity index (χ1v) is 5.72. The number of ether oxygens (including phenoxy) is 1. The van der Waals surface area contributed by atoms with Gasteiger partial charge in [0.2, 0.25) is 0 Å². The number of hydrogen-bond acceptors (Lipinski definition) is 3. The van der Waals surface area contributed by atoms with E-state index in [1.807, 2.05) is 0 Å². The van der Waals surface area contributed by atoms with E-state index in [9.17, 15) is 18.7 Å². The standard InChI is InChI=1S/C13H17F2NO3/c1-13(2,8-17)16(3)11(18)9-5-4-6-10(7-9)19-12(14)15/h4-7,12,17H,8H2,1-3H3. The first kappa shape index (κ1) is 15.4. The molecule has 6 heteroatoms. The number of alkyl halides is 2.